The molecule has 0 saturated carbocycles. The van der Waals surface area contributed by atoms with Crippen LogP contribution in [0.15, 0.2) is 43.7 Å². The maximum atomic E-state index is 12.4. The Labute approximate surface area is 213 Å². The quantitative estimate of drug-likeness (QED) is 0.403. The number of hydrogen-bond donors (Lipinski definition) is 0. The Bertz CT molecular complexity index is 1710. The van der Waals surface area contributed by atoms with E-state index in [1.54, 1.807) is 46.3 Å². The molecule has 0 unspecified atom stereocenters. The van der Waals surface area contributed by atoms with Crippen molar-refractivity contribution >= 4 is 27.8 Å². The van der Waals surface area contributed by atoms with Crippen molar-refractivity contribution in [2.45, 2.75) is 39.8 Å². The fraction of sp³-hybridized carbons (Fsp3) is 0.440. The topological polar surface area (TPSA) is 126 Å². The van der Waals surface area contributed by atoms with Crippen molar-refractivity contribution in [2.75, 3.05) is 26.1 Å². The monoisotopic (exact) mass is 511 g/mol. The van der Waals surface area contributed by atoms with Gasteiger partial charge in [-0.15, -0.1) is 0 Å². The van der Waals surface area contributed by atoms with Gasteiger partial charge in [0.25, 0.3) is 11.1 Å². The minimum Gasteiger partial charge on any atom is -0.495 e. The summed E-state index contributed by atoms with van der Waals surface area (Å²) in [6.07, 6.45) is 3.04. The number of anilines is 1. The summed E-state index contributed by atoms with van der Waals surface area (Å²) >= 11 is 0. The van der Waals surface area contributed by atoms with Gasteiger partial charge < -0.3 is 9.64 Å². The molecule has 0 aromatic carbocycles. The Morgan fingerprint density at radius 3 is 1.84 bits per heavy atom. The summed E-state index contributed by atoms with van der Waals surface area (Å²) < 4.78 is 10.4. The predicted molar refractivity (Wildman–Crippen MR) is 144 cm³/mol. The van der Waals surface area contributed by atoms with Crippen LogP contribution in [-0.4, -0.2) is 49.4 Å². The van der Waals surface area contributed by atoms with Crippen LogP contribution >= 0.6 is 0 Å². The third kappa shape index (κ3) is 4.91. The summed E-state index contributed by atoms with van der Waals surface area (Å²) in [5.41, 5.74) is -0.000779. The molecule has 0 saturated heterocycles. The zero-order chi connectivity index (χ0) is 27.8. The lowest BCUT2D eigenvalue weighted by atomic mass is 10.2. The van der Waals surface area contributed by atoms with E-state index >= 15 is 0 Å². The van der Waals surface area contributed by atoms with Gasteiger partial charge in [0, 0.05) is 46.3 Å². The van der Waals surface area contributed by atoms with Gasteiger partial charge in [0.2, 0.25) is 0 Å². The highest BCUT2D eigenvalue weighted by molar-refractivity contribution is 5.80. The minimum atomic E-state index is -0.370. The summed E-state index contributed by atoms with van der Waals surface area (Å²) in [6.45, 7) is 7.22. The Hall–Kier alpha value is -4.22. The smallest absolute Gasteiger partial charge is 0.331 e. The average Bonchev–Trinajstić information content (AvgIpc) is 2.85. The fourth-order valence-corrected chi connectivity index (χ4v) is 3.94. The number of hydrogen-bond acceptors (Lipinski definition) is 8. The van der Waals surface area contributed by atoms with E-state index in [1.807, 2.05) is 32.8 Å². The van der Waals surface area contributed by atoms with Crippen LogP contribution in [0.25, 0.3) is 21.9 Å². The molecule has 12 nitrogen and oxygen atoms in total. The van der Waals surface area contributed by atoms with Crippen LogP contribution in [0.5, 0.6) is 5.75 Å². The van der Waals surface area contributed by atoms with E-state index in [-0.39, 0.29) is 40.1 Å². The Morgan fingerprint density at radius 2 is 1.32 bits per heavy atom. The number of aryl methyl sites for hydroxylation is 2. The fourth-order valence-electron chi connectivity index (χ4n) is 3.94. The first-order valence-corrected chi connectivity index (χ1v) is 11.8. The van der Waals surface area contributed by atoms with E-state index in [9.17, 15) is 19.2 Å². The normalized spacial score (nSPS) is 11.2. The van der Waals surface area contributed by atoms with Crippen LogP contribution in [0.4, 0.5) is 5.82 Å². The summed E-state index contributed by atoms with van der Waals surface area (Å²) in [4.78, 5) is 59.0. The SMILES string of the molecule is CC(C)n1c(=O)c2cc(N(C)C)ncc2n(C)c1=O.COc1cnc2c(=O)n(C(C)C)c(=O)n(C)c2c1. The Kier molecular flexibility index (Phi) is 7.70. The van der Waals surface area contributed by atoms with E-state index in [1.165, 1.54) is 31.6 Å². The third-order valence-electron chi connectivity index (χ3n) is 6.02. The molecule has 0 aliphatic carbocycles. The van der Waals surface area contributed by atoms with Gasteiger partial charge in [-0.3, -0.25) is 27.9 Å². The first kappa shape index (κ1) is 27.4. The Morgan fingerprint density at radius 1 is 0.784 bits per heavy atom. The van der Waals surface area contributed by atoms with Crippen LogP contribution in [0.2, 0.25) is 0 Å². The van der Waals surface area contributed by atoms with Crippen LogP contribution in [0.1, 0.15) is 39.8 Å². The van der Waals surface area contributed by atoms with Crippen molar-refractivity contribution < 1.29 is 4.74 Å². The molecule has 0 aliphatic rings. The van der Waals surface area contributed by atoms with Gasteiger partial charge in [0.15, 0.2) is 5.52 Å². The number of aromatic nitrogens is 6. The number of nitrogens with zero attached hydrogens (tertiary/aromatic N) is 7. The largest absolute Gasteiger partial charge is 0.495 e. The zero-order valence-corrected chi connectivity index (χ0v) is 22.6. The molecule has 4 heterocycles. The molecule has 37 heavy (non-hydrogen) atoms. The molecule has 0 atom stereocenters. The molecule has 4 aromatic heterocycles. The predicted octanol–water partition coefficient (Wildman–Crippen LogP) is 1.43. The molecule has 198 valence electrons. The molecular formula is C25H33N7O5. The molecular weight excluding hydrogens is 478 g/mol. The van der Waals surface area contributed by atoms with E-state index < -0.39 is 0 Å². The van der Waals surface area contributed by atoms with E-state index in [4.69, 9.17) is 4.74 Å². The first-order valence-electron chi connectivity index (χ1n) is 11.8. The molecule has 0 amide bonds. The highest BCUT2D eigenvalue weighted by Crippen LogP contribution is 2.15. The number of methoxy groups -OCH3 is 1. The van der Waals surface area contributed by atoms with Crippen LogP contribution in [0.3, 0.4) is 0 Å². The second-order valence-corrected chi connectivity index (χ2v) is 9.42. The van der Waals surface area contributed by atoms with Gasteiger partial charge in [-0.2, -0.15) is 0 Å². The van der Waals surface area contributed by atoms with Crippen LogP contribution in [-0.2, 0) is 14.1 Å². The lowest BCUT2D eigenvalue weighted by molar-refractivity contribution is 0.413. The average molecular weight is 512 g/mol. The standard InChI is InChI=1S/C13H18N4O2.C12H15N3O3/c1-8(2)17-12(18)9-6-11(15(3)4)14-7-10(9)16(5)13(17)19;1-7(2)15-11(16)10-9(14(3)12(15)17)5-8(18-4)6-13-10/h6-8H,1-5H3;5-7H,1-4H3. The number of pyridine rings is 2. The van der Waals surface area contributed by atoms with E-state index in [2.05, 4.69) is 9.97 Å². The van der Waals surface area contributed by atoms with Crippen molar-refractivity contribution in [1.29, 1.82) is 0 Å². The zero-order valence-electron chi connectivity index (χ0n) is 22.6. The molecule has 0 fully saturated rings. The lowest BCUT2D eigenvalue weighted by Gasteiger charge is -2.15. The molecule has 0 aliphatic heterocycles. The van der Waals surface area contributed by atoms with Gasteiger partial charge in [-0.25, -0.2) is 19.6 Å². The van der Waals surface area contributed by atoms with Crippen molar-refractivity contribution in [1.82, 2.24) is 28.2 Å². The van der Waals surface area contributed by atoms with Gasteiger partial charge in [0.05, 0.1) is 35.9 Å². The molecule has 0 radical (unpaired) electrons. The van der Waals surface area contributed by atoms with Crippen molar-refractivity contribution in [3.63, 3.8) is 0 Å². The second-order valence-electron chi connectivity index (χ2n) is 9.42. The van der Waals surface area contributed by atoms with Crippen LogP contribution in [0, 0.1) is 0 Å². The van der Waals surface area contributed by atoms with E-state index in [0.29, 0.717) is 28.0 Å². The first-order chi connectivity index (χ1) is 17.3. The Balaban J connectivity index is 0.000000206. The van der Waals surface area contributed by atoms with E-state index in [0.717, 1.165) is 0 Å². The number of rotatable bonds is 4. The lowest BCUT2D eigenvalue weighted by Crippen LogP contribution is -2.40. The van der Waals surface area contributed by atoms with Crippen molar-refractivity contribution in [3.05, 3.63) is 66.2 Å². The van der Waals surface area contributed by atoms with Crippen molar-refractivity contribution in [3.8, 4) is 5.75 Å². The molecule has 4 aromatic rings. The summed E-state index contributed by atoms with van der Waals surface area (Å²) in [5.74, 6) is 1.21. The highest BCUT2D eigenvalue weighted by Gasteiger charge is 2.15. The molecule has 0 bridgehead atoms. The summed E-state index contributed by atoms with van der Waals surface area (Å²) in [7, 11) is 8.49. The maximum Gasteiger partial charge on any atom is 0.331 e. The third-order valence-corrected chi connectivity index (χ3v) is 6.02. The molecule has 4 rings (SSSR count). The van der Waals surface area contributed by atoms with Gasteiger partial charge in [-0.1, -0.05) is 0 Å². The molecule has 0 spiro atoms. The highest BCUT2D eigenvalue weighted by atomic mass is 16.5. The van der Waals surface area contributed by atoms with Crippen molar-refractivity contribution in [2.24, 2.45) is 14.1 Å². The number of ether oxygens (including phenoxy) is 1. The van der Waals surface area contributed by atoms with Gasteiger partial charge in [-0.05, 0) is 33.8 Å². The molecule has 12 heteroatoms. The molecule has 0 N–H and O–H groups in total. The second kappa shape index (κ2) is 10.4. The summed E-state index contributed by atoms with van der Waals surface area (Å²) in [5, 5.41) is 0.509. The minimum absolute atomic E-state index is 0.174. The van der Waals surface area contributed by atoms with Crippen LogP contribution < -0.4 is 32.1 Å². The summed E-state index contributed by atoms with van der Waals surface area (Å²) in [6, 6.07) is 2.97. The van der Waals surface area contributed by atoms with Gasteiger partial charge >= 0.3 is 11.4 Å². The van der Waals surface area contributed by atoms with Gasteiger partial charge in [0.1, 0.15) is 11.6 Å². The maximum absolute atomic E-state index is 12.4. The number of fused-ring (bicyclic) bond motifs is 2.